The van der Waals surface area contributed by atoms with E-state index < -0.39 is 0 Å². The van der Waals surface area contributed by atoms with Gasteiger partial charge in [0.1, 0.15) is 0 Å². The maximum absolute atomic E-state index is 4.58. The number of hydrogen-bond acceptors (Lipinski definition) is 2. The summed E-state index contributed by atoms with van der Waals surface area (Å²) in [7, 11) is 0. The molecule has 2 nitrogen and oxygen atoms in total. The van der Waals surface area contributed by atoms with E-state index in [4.69, 9.17) is 0 Å². The molecule has 2 heteroatoms. The fourth-order valence-corrected chi connectivity index (χ4v) is 4.18. The van der Waals surface area contributed by atoms with Gasteiger partial charge >= 0.3 is 0 Å². The standard InChI is InChI=1S/C25H44N2/c1-5-9-11-13-15-19-23(20-16-14-12-10-6-2)27-22-17-21-24(26-8-4)25(27)18-7-3/h7-8,18,23H,3-6,9-17,19-22H2,1-2H3. The van der Waals surface area contributed by atoms with Crippen molar-refractivity contribution in [3.05, 3.63) is 37.2 Å². The molecule has 154 valence electrons. The summed E-state index contributed by atoms with van der Waals surface area (Å²) in [5.41, 5.74) is 2.49. The van der Waals surface area contributed by atoms with Gasteiger partial charge < -0.3 is 4.90 Å². The Hall–Kier alpha value is -1.31. The quantitative estimate of drug-likeness (QED) is 0.267. The third-order valence-electron chi connectivity index (χ3n) is 5.66. The molecule has 0 aliphatic carbocycles. The van der Waals surface area contributed by atoms with E-state index in [-0.39, 0.29) is 0 Å². The highest BCUT2D eigenvalue weighted by Gasteiger charge is 2.26. The first-order valence-corrected chi connectivity index (χ1v) is 11.6. The van der Waals surface area contributed by atoms with Crippen LogP contribution in [-0.4, -0.2) is 23.2 Å². The molecule has 0 radical (unpaired) electrons. The van der Waals surface area contributed by atoms with Crippen molar-refractivity contribution in [2.45, 2.75) is 110 Å². The molecule has 1 saturated heterocycles. The molecule has 0 spiro atoms. The Morgan fingerprint density at radius 1 is 0.926 bits per heavy atom. The second kappa shape index (κ2) is 15.7. The Morgan fingerprint density at radius 3 is 2.04 bits per heavy atom. The number of nitrogens with zero attached hydrogens (tertiary/aromatic N) is 2. The van der Waals surface area contributed by atoms with E-state index in [0.29, 0.717) is 6.04 Å². The summed E-state index contributed by atoms with van der Waals surface area (Å²) in [5, 5.41) is 0. The summed E-state index contributed by atoms with van der Waals surface area (Å²) in [4.78, 5) is 7.23. The summed E-state index contributed by atoms with van der Waals surface area (Å²) in [6, 6.07) is 0.648. The first-order valence-electron chi connectivity index (χ1n) is 11.6. The van der Waals surface area contributed by atoms with Gasteiger partial charge in [-0.15, -0.1) is 0 Å². The second-order valence-corrected chi connectivity index (χ2v) is 7.90. The number of hydrogen-bond donors (Lipinski definition) is 0. The lowest BCUT2D eigenvalue weighted by atomic mass is 9.94. The fraction of sp³-hybridized carbons (Fsp3) is 0.720. The SMILES string of the molecule is C=CC=C1C(=NC=C)CCCN1C(CCCCCCC)CCCCCCC. The lowest BCUT2D eigenvalue weighted by Gasteiger charge is -2.39. The zero-order chi connectivity index (χ0) is 19.7. The van der Waals surface area contributed by atoms with Crippen LogP contribution in [0.1, 0.15) is 104 Å². The molecule has 0 bridgehead atoms. The Kier molecular flexibility index (Phi) is 13.8. The van der Waals surface area contributed by atoms with Crippen molar-refractivity contribution in [1.29, 1.82) is 0 Å². The zero-order valence-corrected chi connectivity index (χ0v) is 18.2. The number of aliphatic imine (C=N–C) groups is 1. The van der Waals surface area contributed by atoms with Crippen molar-refractivity contribution < 1.29 is 0 Å². The molecule has 0 aromatic carbocycles. The topological polar surface area (TPSA) is 15.6 Å². The lowest BCUT2D eigenvalue weighted by molar-refractivity contribution is 0.218. The smallest absolute Gasteiger partial charge is 0.0637 e. The molecule has 27 heavy (non-hydrogen) atoms. The van der Waals surface area contributed by atoms with Gasteiger partial charge in [-0.2, -0.15) is 0 Å². The van der Waals surface area contributed by atoms with E-state index in [1.54, 1.807) is 6.20 Å². The molecule has 0 saturated carbocycles. The largest absolute Gasteiger partial charge is 0.367 e. The molecule has 0 unspecified atom stereocenters. The molecule has 0 aromatic heterocycles. The minimum Gasteiger partial charge on any atom is -0.367 e. The normalized spacial score (nSPS) is 17.8. The van der Waals surface area contributed by atoms with Crippen LogP contribution >= 0.6 is 0 Å². The van der Waals surface area contributed by atoms with Gasteiger partial charge in [0, 0.05) is 18.8 Å². The molecule has 1 fully saturated rings. The fourth-order valence-electron chi connectivity index (χ4n) is 4.18. The average molecular weight is 373 g/mol. The third kappa shape index (κ3) is 9.44. The summed E-state index contributed by atoms with van der Waals surface area (Å²) in [6.45, 7) is 13.5. The van der Waals surface area contributed by atoms with Crippen LogP contribution in [0.5, 0.6) is 0 Å². The van der Waals surface area contributed by atoms with Crippen LogP contribution in [0.4, 0.5) is 0 Å². The van der Waals surface area contributed by atoms with Crippen LogP contribution in [0.2, 0.25) is 0 Å². The Bertz CT molecular complexity index is 447. The van der Waals surface area contributed by atoms with Crippen LogP contribution in [0.25, 0.3) is 0 Å². The van der Waals surface area contributed by atoms with Crippen molar-refractivity contribution in [2.24, 2.45) is 4.99 Å². The van der Waals surface area contributed by atoms with Crippen molar-refractivity contribution in [3.8, 4) is 0 Å². The number of likely N-dealkylation sites (tertiary alicyclic amines) is 1. The molecule has 0 N–H and O–H groups in total. The van der Waals surface area contributed by atoms with Crippen LogP contribution < -0.4 is 0 Å². The Balaban J connectivity index is 2.76. The maximum atomic E-state index is 4.58. The van der Waals surface area contributed by atoms with Gasteiger partial charge in [-0.25, -0.2) is 0 Å². The minimum atomic E-state index is 0.648. The van der Waals surface area contributed by atoms with Gasteiger partial charge in [0.15, 0.2) is 0 Å². The van der Waals surface area contributed by atoms with Crippen molar-refractivity contribution >= 4 is 5.71 Å². The minimum absolute atomic E-state index is 0.648. The van der Waals surface area contributed by atoms with Gasteiger partial charge in [-0.1, -0.05) is 97.3 Å². The summed E-state index contributed by atoms with van der Waals surface area (Å²) in [5.74, 6) is 0. The highest BCUT2D eigenvalue weighted by atomic mass is 15.2. The van der Waals surface area contributed by atoms with Crippen molar-refractivity contribution in [1.82, 2.24) is 4.90 Å². The van der Waals surface area contributed by atoms with E-state index in [0.717, 1.165) is 13.0 Å². The van der Waals surface area contributed by atoms with Crippen molar-refractivity contribution in [3.63, 3.8) is 0 Å². The molecule has 0 aromatic rings. The van der Waals surface area contributed by atoms with E-state index in [9.17, 15) is 0 Å². The monoisotopic (exact) mass is 372 g/mol. The first-order chi connectivity index (χ1) is 13.3. The third-order valence-corrected chi connectivity index (χ3v) is 5.66. The van der Waals surface area contributed by atoms with Gasteiger partial charge in [-0.3, -0.25) is 4.99 Å². The van der Waals surface area contributed by atoms with Crippen LogP contribution in [0, 0.1) is 0 Å². The van der Waals surface area contributed by atoms with Gasteiger partial charge in [0.05, 0.1) is 11.4 Å². The van der Waals surface area contributed by atoms with E-state index in [1.807, 2.05) is 6.08 Å². The van der Waals surface area contributed by atoms with Crippen LogP contribution in [-0.2, 0) is 0 Å². The van der Waals surface area contributed by atoms with E-state index in [2.05, 4.69) is 43.0 Å². The highest BCUT2D eigenvalue weighted by molar-refractivity contribution is 6.00. The molecule has 1 rings (SSSR count). The van der Waals surface area contributed by atoms with E-state index in [1.165, 1.54) is 94.9 Å². The number of piperidine rings is 1. The Labute approximate surface area is 169 Å². The molecule has 0 amide bonds. The summed E-state index contributed by atoms with van der Waals surface area (Å²) in [6.07, 6.45) is 24.3. The van der Waals surface area contributed by atoms with Crippen molar-refractivity contribution in [2.75, 3.05) is 6.54 Å². The van der Waals surface area contributed by atoms with Crippen LogP contribution in [0.3, 0.4) is 0 Å². The molecule has 0 atom stereocenters. The highest BCUT2D eigenvalue weighted by Crippen LogP contribution is 2.27. The second-order valence-electron chi connectivity index (χ2n) is 7.90. The number of allylic oxidation sites excluding steroid dienone is 3. The first kappa shape index (κ1) is 23.7. The number of rotatable bonds is 15. The van der Waals surface area contributed by atoms with Crippen LogP contribution in [0.15, 0.2) is 42.2 Å². The molecule has 1 aliphatic rings. The maximum Gasteiger partial charge on any atom is 0.0637 e. The lowest BCUT2D eigenvalue weighted by Crippen LogP contribution is -2.41. The molecular formula is C25H44N2. The average Bonchev–Trinajstić information content (AvgIpc) is 2.68. The summed E-state index contributed by atoms with van der Waals surface area (Å²) >= 11 is 0. The molecule has 1 heterocycles. The zero-order valence-electron chi connectivity index (χ0n) is 18.2. The summed E-state index contributed by atoms with van der Waals surface area (Å²) < 4.78 is 0. The Morgan fingerprint density at radius 2 is 1.52 bits per heavy atom. The van der Waals surface area contributed by atoms with Gasteiger partial charge in [0.2, 0.25) is 0 Å². The van der Waals surface area contributed by atoms with E-state index >= 15 is 0 Å². The molecular weight excluding hydrogens is 328 g/mol. The predicted molar refractivity (Wildman–Crippen MR) is 122 cm³/mol. The number of unbranched alkanes of at least 4 members (excludes halogenated alkanes) is 8. The predicted octanol–water partition coefficient (Wildman–Crippen LogP) is 7.83. The van der Waals surface area contributed by atoms with Gasteiger partial charge in [-0.05, 0) is 31.8 Å². The molecule has 1 aliphatic heterocycles. The van der Waals surface area contributed by atoms with Gasteiger partial charge in [0.25, 0.3) is 0 Å².